The zero-order chi connectivity index (χ0) is 14.4. The van der Waals surface area contributed by atoms with Crippen LogP contribution in [0.4, 0.5) is 0 Å². The van der Waals surface area contributed by atoms with E-state index >= 15 is 0 Å². The molecule has 1 heterocycles. The summed E-state index contributed by atoms with van der Waals surface area (Å²) in [7, 11) is 0. The summed E-state index contributed by atoms with van der Waals surface area (Å²) in [5.74, 6) is 0.0306. The molecule has 2 aromatic rings. The lowest BCUT2D eigenvalue weighted by molar-refractivity contribution is -0.121. The molecule has 106 valence electrons. The third kappa shape index (κ3) is 4.78. The molecule has 1 amide bonds. The highest BCUT2D eigenvalue weighted by molar-refractivity contribution is 7.07. The first-order valence-corrected chi connectivity index (χ1v) is 7.92. The third-order valence-electron chi connectivity index (χ3n) is 2.82. The summed E-state index contributed by atoms with van der Waals surface area (Å²) in [6.07, 6.45) is 1.83. The predicted octanol–water partition coefficient (Wildman–Crippen LogP) is 3.74. The van der Waals surface area contributed by atoms with Crippen LogP contribution in [0.5, 0.6) is 0 Å². The first-order chi connectivity index (χ1) is 9.65. The Hall–Kier alpha value is -1.10. The van der Waals surface area contributed by atoms with Crippen LogP contribution in [0.1, 0.15) is 17.7 Å². The van der Waals surface area contributed by atoms with Crippen LogP contribution in [0.3, 0.4) is 0 Å². The second kappa shape index (κ2) is 7.62. The SMILES string of the molecule is O=C(CCc1cscn1)NCCc1ccc(Cl)cc1Cl. The van der Waals surface area contributed by atoms with Crippen molar-refractivity contribution in [1.29, 1.82) is 0 Å². The lowest BCUT2D eigenvalue weighted by Gasteiger charge is -2.06. The maximum absolute atomic E-state index is 11.7. The van der Waals surface area contributed by atoms with Gasteiger partial charge in [-0.1, -0.05) is 29.3 Å². The Balaban J connectivity index is 1.71. The topological polar surface area (TPSA) is 42.0 Å². The summed E-state index contributed by atoms with van der Waals surface area (Å²) in [6.45, 7) is 0.567. The molecule has 0 bridgehead atoms. The highest BCUT2D eigenvalue weighted by atomic mass is 35.5. The highest BCUT2D eigenvalue weighted by Gasteiger charge is 2.05. The molecule has 1 aromatic heterocycles. The van der Waals surface area contributed by atoms with Crippen LogP contribution in [0.2, 0.25) is 10.0 Å². The second-order valence-electron chi connectivity index (χ2n) is 4.32. The molecule has 0 saturated carbocycles. The van der Waals surface area contributed by atoms with E-state index in [0.717, 1.165) is 11.3 Å². The van der Waals surface area contributed by atoms with Crippen molar-refractivity contribution in [3.63, 3.8) is 0 Å². The van der Waals surface area contributed by atoms with E-state index in [2.05, 4.69) is 10.3 Å². The number of hydrogen-bond acceptors (Lipinski definition) is 3. The minimum absolute atomic E-state index is 0.0306. The van der Waals surface area contributed by atoms with Crippen LogP contribution in [0.15, 0.2) is 29.1 Å². The number of halogens is 2. The third-order valence-corrected chi connectivity index (χ3v) is 4.05. The normalized spacial score (nSPS) is 10.5. The van der Waals surface area contributed by atoms with Crippen molar-refractivity contribution in [3.8, 4) is 0 Å². The summed E-state index contributed by atoms with van der Waals surface area (Å²) in [6, 6.07) is 5.39. The number of aromatic nitrogens is 1. The maximum Gasteiger partial charge on any atom is 0.220 e. The smallest absolute Gasteiger partial charge is 0.220 e. The van der Waals surface area contributed by atoms with Gasteiger partial charge >= 0.3 is 0 Å². The molecule has 0 saturated heterocycles. The molecule has 0 radical (unpaired) electrons. The highest BCUT2D eigenvalue weighted by Crippen LogP contribution is 2.21. The standard InChI is InChI=1S/C14H14Cl2N2OS/c15-11-2-1-10(13(16)7-11)5-6-17-14(19)4-3-12-8-20-9-18-12/h1-2,7-9H,3-6H2,(H,17,19). The number of hydrogen-bond donors (Lipinski definition) is 1. The number of nitrogens with zero attached hydrogens (tertiary/aromatic N) is 1. The zero-order valence-electron chi connectivity index (χ0n) is 10.7. The van der Waals surface area contributed by atoms with E-state index in [1.807, 2.05) is 11.4 Å². The van der Waals surface area contributed by atoms with Gasteiger partial charge in [-0.15, -0.1) is 11.3 Å². The lowest BCUT2D eigenvalue weighted by atomic mass is 10.1. The van der Waals surface area contributed by atoms with Crippen molar-refractivity contribution in [3.05, 3.63) is 50.4 Å². The van der Waals surface area contributed by atoms with Crippen LogP contribution in [-0.2, 0) is 17.6 Å². The van der Waals surface area contributed by atoms with Gasteiger partial charge in [0.1, 0.15) is 0 Å². The summed E-state index contributed by atoms with van der Waals surface area (Å²) >= 11 is 13.4. The van der Waals surface area contributed by atoms with Crippen molar-refractivity contribution < 1.29 is 4.79 Å². The molecule has 1 N–H and O–H groups in total. The zero-order valence-corrected chi connectivity index (χ0v) is 13.1. The van der Waals surface area contributed by atoms with Gasteiger partial charge < -0.3 is 5.32 Å². The van der Waals surface area contributed by atoms with Gasteiger partial charge in [0.2, 0.25) is 5.91 Å². The Labute approximate surface area is 131 Å². The number of amides is 1. The van der Waals surface area contributed by atoms with E-state index in [1.165, 1.54) is 0 Å². The molecule has 20 heavy (non-hydrogen) atoms. The van der Waals surface area contributed by atoms with Crippen LogP contribution in [0.25, 0.3) is 0 Å². The van der Waals surface area contributed by atoms with Crippen molar-refractivity contribution in [2.75, 3.05) is 6.54 Å². The van der Waals surface area contributed by atoms with E-state index in [0.29, 0.717) is 35.9 Å². The van der Waals surface area contributed by atoms with Gasteiger partial charge in [0, 0.05) is 28.4 Å². The van der Waals surface area contributed by atoms with E-state index in [9.17, 15) is 4.79 Å². The van der Waals surface area contributed by atoms with Gasteiger partial charge in [0.25, 0.3) is 0 Å². The summed E-state index contributed by atoms with van der Waals surface area (Å²) in [4.78, 5) is 15.8. The number of thiazole rings is 1. The number of carbonyl (C=O) groups is 1. The van der Waals surface area contributed by atoms with E-state index in [1.54, 1.807) is 29.0 Å². The fourth-order valence-corrected chi connectivity index (χ4v) is 2.85. The minimum Gasteiger partial charge on any atom is -0.356 e. The first-order valence-electron chi connectivity index (χ1n) is 6.23. The molecule has 0 atom stereocenters. The Bertz CT molecular complexity index is 573. The molecule has 0 spiro atoms. The van der Waals surface area contributed by atoms with Crippen molar-refractivity contribution in [2.45, 2.75) is 19.3 Å². The monoisotopic (exact) mass is 328 g/mol. The van der Waals surface area contributed by atoms with Gasteiger partial charge in [-0.05, 0) is 30.5 Å². The van der Waals surface area contributed by atoms with Crippen molar-refractivity contribution in [1.82, 2.24) is 10.3 Å². The Morgan fingerprint density at radius 3 is 2.85 bits per heavy atom. The largest absolute Gasteiger partial charge is 0.356 e. The maximum atomic E-state index is 11.7. The van der Waals surface area contributed by atoms with Gasteiger partial charge in [-0.2, -0.15) is 0 Å². The van der Waals surface area contributed by atoms with Gasteiger partial charge in [-0.3, -0.25) is 4.79 Å². The number of aryl methyl sites for hydroxylation is 1. The fourth-order valence-electron chi connectivity index (χ4n) is 1.75. The van der Waals surface area contributed by atoms with Gasteiger partial charge in [-0.25, -0.2) is 4.98 Å². The summed E-state index contributed by atoms with van der Waals surface area (Å²) in [5, 5.41) is 6.09. The Morgan fingerprint density at radius 2 is 2.15 bits per heavy atom. The molecular weight excluding hydrogens is 315 g/mol. The lowest BCUT2D eigenvalue weighted by Crippen LogP contribution is -2.25. The molecule has 3 nitrogen and oxygen atoms in total. The fraction of sp³-hybridized carbons (Fsp3) is 0.286. The van der Waals surface area contributed by atoms with Gasteiger partial charge in [0.05, 0.1) is 11.2 Å². The Morgan fingerprint density at radius 1 is 1.30 bits per heavy atom. The summed E-state index contributed by atoms with van der Waals surface area (Å²) in [5.41, 5.74) is 3.72. The van der Waals surface area contributed by atoms with Crippen LogP contribution in [-0.4, -0.2) is 17.4 Å². The van der Waals surface area contributed by atoms with E-state index < -0.39 is 0 Å². The quantitative estimate of drug-likeness (QED) is 0.877. The summed E-state index contributed by atoms with van der Waals surface area (Å²) < 4.78 is 0. The Kier molecular flexibility index (Phi) is 5.83. The number of carbonyl (C=O) groups excluding carboxylic acids is 1. The number of rotatable bonds is 6. The second-order valence-corrected chi connectivity index (χ2v) is 5.88. The molecule has 0 aliphatic carbocycles. The van der Waals surface area contributed by atoms with E-state index in [-0.39, 0.29) is 5.91 Å². The molecule has 2 rings (SSSR count). The van der Waals surface area contributed by atoms with Gasteiger partial charge in [0.15, 0.2) is 0 Å². The van der Waals surface area contributed by atoms with Crippen molar-refractivity contribution in [2.24, 2.45) is 0 Å². The van der Waals surface area contributed by atoms with Crippen molar-refractivity contribution >= 4 is 40.4 Å². The molecule has 0 fully saturated rings. The average molecular weight is 329 g/mol. The molecular formula is C14H14Cl2N2OS. The molecule has 1 aromatic carbocycles. The molecule has 0 aliphatic heterocycles. The van der Waals surface area contributed by atoms with E-state index in [4.69, 9.17) is 23.2 Å². The molecule has 0 unspecified atom stereocenters. The molecule has 0 aliphatic rings. The average Bonchev–Trinajstić information content (AvgIpc) is 2.92. The number of nitrogens with one attached hydrogen (secondary N) is 1. The van der Waals surface area contributed by atoms with Crippen LogP contribution < -0.4 is 5.32 Å². The molecule has 6 heteroatoms. The first kappa shape index (κ1) is 15.3. The van der Waals surface area contributed by atoms with Crippen LogP contribution in [0, 0.1) is 0 Å². The minimum atomic E-state index is 0.0306. The van der Waals surface area contributed by atoms with Crippen LogP contribution >= 0.6 is 34.5 Å². The number of benzene rings is 1. The predicted molar refractivity (Wildman–Crippen MR) is 83.6 cm³/mol.